The first-order valence-electron chi connectivity index (χ1n) is 12.7. The third-order valence-electron chi connectivity index (χ3n) is 7.85. The molecule has 3 unspecified atom stereocenters. The number of benzene rings is 1. The van der Waals surface area contributed by atoms with Crippen molar-refractivity contribution in [3.63, 3.8) is 0 Å². The van der Waals surface area contributed by atoms with Gasteiger partial charge in [-0.1, -0.05) is 11.6 Å². The summed E-state index contributed by atoms with van der Waals surface area (Å²) in [4.78, 5) is 34.8. The number of fused-ring (bicyclic) bond motifs is 3. The normalized spacial score (nSPS) is 27.1. The molecule has 1 aromatic carbocycles. The van der Waals surface area contributed by atoms with Crippen LogP contribution in [0, 0.1) is 0 Å². The number of hydrogen-bond acceptors (Lipinski definition) is 5. The number of amides is 3. The monoisotopic (exact) mass is 504 g/mol. The molecule has 0 spiro atoms. The number of ether oxygens (including phenoxy) is 2. The number of piperazine rings is 1. The van der Waals surface area contributed by atoms with Crippen molar-refractivity contribution in [1.29, 1.82) is 0 Å². The van der Waals surface area contributed by atoms with Crippen molar-refractivity contribution >= 4 is 23.7 Å². The van der Waals surface area contributed by atoms with E-state index in [9.17, 15) is 9.59 Å². The van der Waals surface area contributed by atoms with Crippen LogP contribution in [-0.4, -0.2) is 95.8 Å². The fraction of sp³-hybridized carbons (Fsp3) is 0.692. The second-order valence-electron chi connectivity index (χ2n) is 11.3. The largest absolute Gasteiger partial charge is 0.444 e. The molecule has 3 atom stereocenters. The van der Waals surface area contributed by atoms with Gasteiger partial charge in [0.15, 0.2) is 0 Å². The molecule has 4 aliphatic rings. The molecule has 9 heteroatoms. The van der Waals surface area contributed by atoms with Gasteiger partial charge in [0.25, 0.3) is 0 Å². The number of rotatable bonds is 1. The Kier molecular flexibility index (Phi) is 6.66. The minimum absolute atomic E-state index is 0.116. The molecule has 8 nitrogen and oxygen atoms in total. The molecule has 3 fully saturated rings. The van der Waals surface area contributed by atoms with Gasteiger partial charge in [-0.2, -0.15) is 0 Å². The van der Waals surface area contributed by atoms with Gasteiger partial charge < -0.3 is 19.3 Å². The number of carbonyl (C=O) groups excluding carboxylic acids is 2. The fourth-order valence-corrected chi connectivity index (χ4v) is 6.24. The molecule has 1 aromatic rings. The highest BCUT2D eigenvalue weighted by Gasteiger charge is 2.41. The lowest BCUT2D eigenvalue weighted by Gasteiger charge is -2.43. The molecule has 0 saturated carbocycles. The number of morpholine rings is 1. The third kappa shape index (κ3) is 4.98. The Bertz CT molecular complexity index is 982. The van der Waals surface area contributed by atoms with Crippen LogP contribution in [0.4, 0.5) is 9.59 Å². The predicted octanol–water partition coefficient (Wildman–Crippen LogP) is 3.90. The molecule has 0 aliphatic carbocycles. The van der Waals surface area contributed by atoms with E-state index < -0.39 is 5.60 Å². The SMILES string of the molecule is CN1C2CCC1CN(C(=O)N1CCc3cc(Cl)cc(C4COCCN4C(=O)OC(C)(C)C)c3C1)C2. The van der Waals surface area contributed by atoms with Gasteiger partial charge in [0.05, 0.1) is 19.3 Å². The van der Waals surface area contributed by atoms with Gasteiger partial charge in [-0.15, -0.1) is 0 Å². The number of carbonyl (C=O) groups is 2. The van der Waals surface area contributed by atoms with Crippen LogP contribution in [0.3, 0.4) is 0 Å². The van der Waals surface area contributed by atoms with Crippen molar-refractivity contribution in [2.45, 2.75) is 70.3 Å². The quantitative estimate of drug-likeness (QED) is 0.580. The summed E-state index contributed by atoms with van der Waals surface area (Å²) in [5, 5.41) is 0.642. The van der Waals surface area contributed by atoms with Crippen molar-refractivity contribution in [1.82, 2.24) is 19.6 Å². The topological polar surface area (TPSA) is 65.6 Å². The van der Waals surface area contributed by atoms with Gasteiger partial charge in [-0.05, 0) is 75.9 Å². The zero-order valence-electron chi connectivity index (χ0n) is 21.3. The Morgan fingerprint density at radius 1 is 1.09 bits per heavy atom. The minimum Gasteiger partial charge on any atom is -0.444 e. The highest BCUT2D eigenvalue weighted by molar-refractivity contribution is 6.30. The van der Waals surface area contributed by atoms with E-state index in [1.807, 2.05) is 42.7 Å². The van der Waals surface area contributed by atoms with Gasteiger partial charge in [-0.25, -0.2) is 9.59 Å². The number of urea groups is 1. The average molecular weight is 505 g/mol. The molecule has 0 radical (unpaired) electrons. The zero-order chi connectivity index (χ0) is 24.9. The lowest BCUT2D eigenvalue weighted by molar-refractivity contribution is -0.0334. The van der Waals surface area contributed by atoms with Crippen LogP contribution in [0.15, 0.2) is 12.1 Å². The summed E-state index contributed by atoms with van der Waals surface area (Å²) < 4.78 is 11.5. The van der Waals surface area contributed by atoms with Crippen molar-refractivity contribution < 1.29 is 19.1 Å². The van der Waals surface area contributed by atoms with Crippen LogP contribution in [0.2, 0.25) is 5.02 Å². The molecule has 35 heavy (non-hydrogen) atoms. The first-order valence-corrected chi connectivity index (χ1v) is 13.1. The fourth-order valence-electron chi connectivity index (χ4n) is 5.99. The number of likely N-dealkylation sites (N-methyl/N-ethyl adjacent to an activating group) is 1. The molecule has 3 saturated heterocycles. The van der Waals surface area contributed by atoms with E-state index in [1.165, 1.54) is 12.8 Å². The van der Waals surface area contributed by atoms with Gasteiger partial charge in [0, 0.05) is 49.8 Å². The van der Waals surface area contributed by atoms with Crippen LogP contribution in [0.5, 0.6) is 0 Å². The Hall–Kier alpha value is -2.03. The summed E-state index contributed by atoms with van der Waals surface area (Å²) in [6.45, 7) is 9.69. The summed E-state index contributed by atoms with van der Waals surface area (Å²) in [7, 11) is 2.18. The summed E-state index contributed by atoms with van der Waals surface area (Å²) in [5.41, 5.74) is 2.59. The minimum atomic E-state index is -0.584. The van der Waals surface area contributed by atoms with Crippen LogP contribution in [-0.2, 0) is 22.4 Å². The van der Waals surface area contributed by atoms with Gasteiger partial charge >= 0.3 is 12.1 Å². The molecule has 4 aliphatic heterocycles. The van der Waals surface area contributed by atoms with E-state index >= 15 is 0 Å². The standard InChI is InChI=1S/C26H37ClN4O4/c1-26(2,3)35-25(33)31-9-10-34-16-23(31)21-12-18(27)11-17-7-8-29(15-22(17)21)24(32)30-13-19-5-6-20(14-30)28(19)4/h11-12,19-20,23H,5-10,13-16H2,1-4H3. The van der Waals surface area contributed by atoms with E-state index in [0.29, 0.717) is 50.0 Å². The maximum Gasteiger partial charge on any atom is 0.410 e. The highest BCUT2D eigenvalue weighted by atomic mass is 35.5. The van der Waals surface area contributed by atoms with E-state index in [-0.39, 0.29) is 18.2 Å². The van der Waals surface area contributed by atoms with Crippen LogP contribution in [0.25, 0.3) is 0 Å². The molecule has 192 valence electrons. The van der Waals surface area contributed by atoms with Gasteiger partial charge in [-0.3, -0.25) is 9.80 Å². The lowest BCUT2D eigenvalue weighted by Crippen LogP contribution is -2.57. The second kappa shape index (κ2) is 9.45. The van der Waals surface area contributed by atoms with Gasteiger partial charge in [0.2, 0.25) is 0 Å². The Balaban J connectivity index is 1.39. The number of likely N-dealkylation sites (tertiary alicyclic amines) is 1. The number of nitrogens with zero attached hydrogens (tertiary/aromatic N) is 4. The molecular weight excluding hydrogens is 468 g/mol. The van der Waals surface area contributed by atoms with Crippen molar-refractivity contribution in [2.75, 3.05) is 46.4 Å². The van der Waals surface area contributed by atoms with Crippen molar-refractivity contribution in [3.05, 3.63) is 33.8 Å². The number of hydrogen-bond donors (Lipinski definition) is 0. The molecule has 3 amide bonds. The van der Waals surface area contributed by atoms with Crippen LogP contribution in [0.1, 0.15) is 56.3 Å². The zero-order valence-corrected chi connectivity index (χ0v) is 22.0. The molecular formula is C26H37ClN4O4. The first kappa shape index (κ1) is 24.7. The summed E-state index contributed by atoms with van der Waals surface area (Å²) in [5.74, 6) is 0. The summed E-state index contributed by atoms with van der Waals surface area (Å²) in [6.07, 6.45) is 2.73. The number of halogens is 1. The van der Waals surface area contributed by atoms with E-state index in [2.05, 4.69) is 11.9 Å². The molecule has 0 N–H and O–H groups in total. The van der Waals surface area contributed by atoms with E-state index in [1.54, 1.807) is 4.90 Å². The second-order valence-corrected chi connectivity index (χ2v) is 11.7. The Morgan fingerprint density at radius 3 is 2.49 bits per heavy atom. The molecule has 4 heterocycles. The van der Waals surface area contributed by atoms with E-state index in [0.717, 1.165) is 36.2 Å². The Morgan fingerprint density at radius 2 is 1.80 bits per heavy atom. The van der Waals surface area contributed by atoms with E-state index in [4.69, 9.17) is 21.1 Å². The average Bonchev–Trinajstić information content (AvgIpc) is 3.01. The summed E-state index contributed by atoms with van der Waals surface area (Å²) >= 11 is 6.54. The smallest absolute Gasteiger partial charge is 0.410 e. The van der Waals surface area contributed by atoms with Crippen LogP contribution >= 0.6 is 11.6 Å². The van der Waals surface area contributed by atoms with Crippen molar-refractivity contribution in [3.8, 4) is 0 Å². The molecule has 2 bridgehead atoms. The summed E-state index contributed by atoms with van der Waals surface area (Å²) in [6, 6.07) is 4.67. The highest BCUT2D eigenvalue weighted by Crippen LogP contribution is 2.36. The lowest BCUT2D eigenvalue weighted by atomic mass is 9.90. The Labute approximate surface area is 213 Å². The third-order valence-corrected chi connectivity index (χ3v) is 8.06. The maximum absolute atomic E-state index is 13.6. The predicted molar refractivity (Wildman–Crippen MR) is 134 cm³/mol. The van der Waals surface area contributed by atoms with Crippen LogP contribution < -0.4 is 0 Å². The maximum atomic E-state index is 13.6. The molecule has 0 aromatic heterocycles. The molecule has 5 rings (SSSR count). The van der Waals surface area contributed by atoms with Crippen molar-refractivity contribution in [2.24, 2.45) is 0 Å². The first-order chi connectivity index (χ1) is 16.6. The van der Waals surface area contributed by atoms with Gasteiger partial charge in [0.1, 0.15) is 5.60 Å².